The summed E-state index contributed by atoms with van der Waals surface area (Å²) in [5.41, 5.74) is 2.74. The van der Waals surface area contributed by atoms with Gasteiger partial charge in [-0.15, -0.1) is 11.3 Å². The number of aryl methyl sites for hydroxylation is 1. The maximum atomic E-state index is 5.49. The summed E-state index contributed by atoms with van der Waals surface area (Å²) in [6.07, 6.45) is 3.74. The fourth-order valence-electron chi connectivity index (χ4n) is 3.11. The van der Waals surface area contributed by atoms with Crippen molar-refractivity contribution in [1.82, 2.24) is 5.32 Å². The number of halogens is 1. The molecule has 1 aromatic heterocycles. The summed E-state index contributed by atoms with van der Waals surface area (Å²) in [4.78, 5) is 1.57. The highest BCUT2D eigenvalue weighted by atomic mass is 127. The Bertz CT molecular complexity index is 625. The molecule has 112 valence electrons. The minimum Gasteiger partial charge on any atom is -0.496 e. The molecule has 0 amide bonds. The van der Waals surface area contributed by atoms with E-state index in [0.717, 1.165) is 5.75 Å². The molecule has 1 aliphatic rings. The van der Waals surface area contributed by atoms with Crippen molar-refractivity contribution in [2.75, 3.05) is 7.11 Å². The van der Waals surface area contributed by atoms with Crippen molar-refractivity contribution >= 4 is 33.9 Å². The Kier molecular flexibility index (Phi) is 4.86. The van der Waals surface area contributed by atoms with Gasteiger partial charge in [0.25, 0.3) is 0 Å². The lowest BCUT2D eigenvalue weighted by Gasteiger charge is -2.28. The Balaban J connectivity index is 1.81. The molecule has 1 aliphatic carbocycles. The molecular formula is C17H20INOS. The number of hydrogen-bond acceptors (Lipinski definition) is 3. The van der Waals surface area contributed by atoms with Gasteiger partial charge in [-0.3, -0.25) is 0 Å². The molecule has 1 heterocycles. The summed E-state index contributed by atoms with van der Waals surface area (Å²) in [6, 6.07) is 11.4. The Morgan fingerprint density at radius 3 is 3.00 bits per heavy atom. The fraction of sp³-hybridized carbons (Fsp3) is 0.412. The van der Waals surface area contributed by atoms with Crippen molar-refractivity contribution in [3.05, 3.63) is 49.2 Å². The van der Waals surface area contributed by atoms with Crippen LogP contribution in [-0.4, -0.2) is 7.11 Å². The predicted octanol–water partition coefficient (Wildman–Crippen LogP) is 5.09. The molecule has 3 rings (SSSR count). The van der Waals surface area contributed by atoms with Gasteiger partial charge in [0.1, 0.15) is 5.75 Å². The number of nitrogens with one attached hydrogen (secondary N) is 1. The molecule has 1 aromatic carbocycles. The van der Waals surface area contributed by atoms with Gasteiger partial charge >= 0.3 is 0 Å². The van der Waals surface area contributed by atoms with E-state index in [2.05, 4.69) is 53.0 Å². The maximum absolute atomic E-state index is 5.49. The van der Waals surface area contributed by atoms with Crippen molar-refractivity contribution in [1.29, 1.82) is 0 Å². The van der Waals surface area contributed by atoms with Crippen LogP contribution in [0.5, 0.6) is 5.75 Å². The van der Waals surface area contributed by atoms with E-state index in [1.54, 1.807) is 12.0 Å². The van der Waals surface area contributed by atoms with Crippen molar-refractivity contribution in [3.8, 4) is 5.75 Å². The first-order chi connectivity index (χ1) is 10.2. The highest BCUT2D eigenvalue weighted by Gasteiger charge is 2.24. The third-order valence-corrected chi connectivity index (χ3v) is 6.11. The van der Waals surface area contributed by atoms with Crippen LogP contribution in [0.1, 0.15) is 47.9 Å². The van der Waals surface area contributed by atoms with Crippen LogP contribution in [0.2, 0.25) is 0 Å². The first kappa shape index (κ1) is 15.3. The van der Waals surface area contributed by atoms with E-state index in [0.29, 0.717) is 6.04 Å². The molecule has 0 radical (unpaired) electrons. The molecule has 0 saturated carbocycles. The molecule has 0 saturated heterocycles. The second kappa shape index (κ2) is 6.67. The summed E-state index contributed by atoms with van der Waals surface area (Å²) in [6.45, 7) is 2.23. The maximum Gasteiger partial charge on any atom is 0.123 e. The number of benzene rings is 1. The summed E-state index contributed by atoms with van der Waals surface area (Å²) >= 11 is 4.38. The van der Waals surface area contributed by atoms with Crippen LogP contribution in [0, 0.1) is 2.88 Å². The van der Waals surface area contributed by atoms with E-state index < -0.39 is 0 Å². The van der Waals surface area contributed by atoms with Gasteiger partial charge in [0.15, 0.2) is 0 Å². The third-order valence-electron chi connectivity index (χ3n) is 4.14. The Labute approximate surface area is 144 Å². The van der Waals surface area contributed by atoms with Crippen LogP contribution in [0.3, 0.4) is 0 Å². The highest BCUT2D eigenvalue weighted by molar-refractivity contribution is 14.1. The quantitative estimate of drug-likeness (QED) is 0.706. The number of rotatable bonds is 4. The van der Waals surface area contributed by atoms with Gasteiger partial charge in [-0.1, -0.05) is 18.2 Å². The second-order valence-electron chi connectivity index (χ2n) is 5.50. The lowest BCUT2D eigenvalue weighted by atomic mass is 9.92. The zero-order chi connectivity index (χ0) is 14.8. The molecule has 21 heavy (non-hydrogen) atoms. The average molecular weight is 413 g/mol. The zero-order valence-corrected chi connectivity index (χ0v) is 15.3. The number of hydrogen-bond donors (Lipinski definition) is 1. The SMILES string of the molecule is COc1ccccc1[C@@H](C)NC1CCCc2sc(I)cc21. The fourth-order valence-corrected chi connectivity index (χ4v) is 5.23. The topological polar surface area (TPSA) is 21.3 Å². The highest BCUT2D eigenvalue weighted by Crippen LogP contribution is 2.38. The van der Waals surface area contributed by atoms with Gasteiger partial charge in [-0.05, 0) is 66.5 Å². The van der Waals surface area contributed by atoms with Gasteiger partial charge in [0, 0.05) is 22.5 Å². The predicted molar refractivity (Wildman–Crippen MR) is 97.3 cm³/mol. The third kappa shape index (κ3) is 3.27. The molecule has 2 nitrogen and oxygen atoms in total. The Morgan fingerprint density at radius 2 is 2.19 bits per heavy atom. The smallest absolute Gasteiger partial charge is 0.123 e. The van der Waals surface area contributed by atoms with Crippen molar-refractivity contribution in [2.24, 2.45) is 0 Å². The van der Waals surface area contributed by atoms with Crippen molar-refractivity contribution in [3.63, 3.8) is 0 Å². The van der Waals surface area contributed by atoms with Crippen molar-refractivity contribution in [2.45, 2.75) is 38.3 Å². The van der Waals surface area contributed by atoms with Crippen LogP contribution >= 0.6 is 33.9 Å². The zero-order valence-electron chi connectivity index (χ0n) is 12.4. The number of fused-ring (bicyclic) bond motifs is 1. The lowest BCUT2D eigenvalue weighted by Crippen LogP contribution is -2.27. The molecule has 2 aromatic rings. The van der Waals surface area contributed by atoms with Crippen LogP contribution in [-0.2, 0) is 6.42 Å². The van der Waals surface area contributed by atoms with E-state index in [4.69, 9.17) is 4.74 Å². The van der Waals surface area contributed by atoms with Gasteiger partial charge in [-0.2, -0.15) is 0 Å². The molecule has 2 atom stereocenters. The van der Waals surface area contributed by atoms with Crippen LogP contribution < -0.4 is 10.1 Å². The van der Waals surface area contributed by atoms with E-state index >= 15 is 0 Å². The van der Waals surface area contributed by atoms with E-state index in [1.807, 2.05) is 23.5 Å². The number of para-hydroxylation sites is 1. The Hall–Kier alpha value is -0.590. The molecule has 0 bridgehead atoms. The number of ether oxygens (including phenoxy) is 1. The minimum absolute atomic E-state index is 0.287. The molecule has 4 heteroatoms. The summed E-state index contributed by atoms with van der Waals surface area (Å²) in [7, 11) is 1.74. The van der Waals surface area contributed by atoms with Crippen LogP contribution in [0.15, 0.2) is 30.3 Å². The van der Waals surface area contributed by atoms with E-state index in [-0.39, 0.29) is 6.04 Å². The van der Waals surface area contributed by atoms with E-state index in [9.17, 15) is 0 Å². The summed E-state index contributed by atoms with van der Waals surface area (Å²) < 4.78 is 6.89. The van der Waals surface area contributed by atoms with Gasteiger partial charge < -0.3 is 10.1 Å². The first-order valence-corrected chi connectivity index (χ1v) is 9.25. The number of methoxy groups -OCH3 is 1. The molecule has 0 fully saturated rings. The molecule has 0 spiro atoms. The van der Waals surface area contributed by atoms with Crippen LogP contribution in [0.4, 0.5) is 0 Å². The number of thiophene rings is 1. The van der Waals surface area contributed by atoms with Gasteiger partial charge in [0.2, 0.25) is 0 Å². The largest absolute Gasteiger partial charge is 0.496 e. The Morgan fingerprint density at radius 1 is 1.38 bits per heavy atom. The standard InChI is InChI=1S/C17H20INOS/c1-11(12-6-3-4-8-15(12)20-2)19-14-7-5-9-16-13(14)10-17(18)21-16/h3-4,6,8,10-11,14,19H,5,7,9H2,1-2H3/t11-,14?/m1/s1. The average Bonchev–Trinajstić information content (AvgIpc) is 2.88. The lowest BCUT2D eigenvalue weighted by molar-refractivity contribution is 0.383. The molecule has 1 N–H and O–H groups in total. The normalized spacial score (nSPS) is 19.1. The van der Waals surface area contributed by atoms with E-state index in [1.165, 1.54) is 33.3 Å². The molecule has 0 aliphatic heterocycles. The first-order valence-electron chi connectivity index (χ1n) is 7.36. The minimum atomic E-state index is 0.287. The molecule has 1 unspecified atom stereocenters. The summed E-state index contributed by atoms with van der Waals surface area (Å²) in [5.74, 6) is 0.966. The van der Waals surface area contributed by atoms with Gasteiger partial charge in [-0.25, -0.2) is 0 Å². The van der Waals surface area contributed by atoms with Crippen molar-refractivity contribution < 1.29 is 4.74 Å². The van der Waals surface area contributed by atoms with Gasteiger partial charge in [0.05, 0.1) is 9.99 Å². The van der Waals surface area contributed by atoms with Crippen LogP contribution in [0.25, 0.3) is 0 Å². The molecular weight excluding hydrogens is 393 g/mol. The second-order valence-corrected chi connectivity index (χ2v) is 8.54. The monoisotopic (exact) mass is 413 g/mol. The summed E-state index contributed by atoms with van der Waals surface area (Å²) in [5, 5.41) is 3.80.